The highest BCUT2D eigenvalue weighted by atomic mass is 16.5. The van der Waals surface area contributed by atoms with Gasteiger partial charge in [-0.1, -0.05) is 25.9 Å². The van der Waals surface area contributed by atoms with Crippen molar-refractivity contribution >= 4 is 0 Å². The second-order valence-electron chi connectivity index (χ2n) is 4.52. The Balaban J connectivity index is 1.97. The number of hydrogen-bond acceptors (Lipinski definition) is 5. The molecule has 0 spiro atoms. The van der Waals surface area contributed by atoms with Crippen molar-refractivity contribution in [3.8, 4) is 0 Å². The molecule has 18 heavy (non-hydrogen) atoms. The van der Waals surface area contributed by atoms with Gasteiger partial charge in [-0.2, -0.15) is 4.98 Å². The molecule has 2 aromatic heterocycles. The Morgan fingerprint density at radius 1 is 1.44 bits per heavy atom. The Bertz CT molecular complexity index is 488. The molecule has 0 aliphatic rings. The molecule has 0 aliphatic carbocycles. The van der Waals surface area contributed by atoms with Crippen LogP contribution in [-0.4, -0.2) is 26.2 Å². The maximum Gasteiger partial charge on any atom is 0.246 e. The predicted molar refractivity (Wildman–Crippen MR) is 67.1 cm³/mol. The normalized spacial score (nSPS) is 11.3. The van der Waals surface area contributed by atoms with Gasteiger partial charge in [-0.05, 0) is 6.54 Å². The molecule has 2 aromatic rings. The highest BCUT2D eigenvalue weighted by Gasteiger charge is 2.10. The monoisotopic (exact) mass is 249 g/mol. The summed E-state index contributed by atoms with van der Waals surface area (Å²) in [5.74, 6) is 1.65. The van der Waals surface area contributed by atoms with Crippen LogP contribution in [0.3, 0.4) is 0 Å². The Kier molecular flexibility index (Phi) is 4.09. The first-order valence-corrected chi connectivity index (χ1v) is 6.23. The van der Waals surface area contributed by atoms with Crippen LogP contribution in [0.25, 0.3) is 0 Å². The van der Waals surface area contributed by atoms with Gasteiger partial charge in [0.15, 0.2) is 5.82 Å². The van der Waals surface area contributed by atoms with Gasteiger partial charge in [0, 0.05) is 18.7 Å². The zero-order valence-electron chi connectivity index (χ0n) is 11.1. The number of nitrogens with one attached hydrogen (secondary N) is 1. The van der Waals surface area contributed by atoms with E-state index < -0.39 is 0 Å². The van der Waals surface area contributed by atoms with Crippen molar-refractivity contribution in [3.63, 3.8) is 0 Å². The van der Waals surface area contributed by atoms with Crippen LogP contribution in [0.2, 0.25) is 0 Å². The van der Waals surface area contributed by atoms with Crippen LogP contribution in [-0.2, 0) is 13.1 Å². The van der Waals surface area contributed by atoms with Crippen LogP contribution in [0.5, 0.6) is 0 Å². The van der Waals surface area contributed by atoms with Crippen molar-refractivity contribution < 1.29 is 4.52 Å². The summed E-state index contributed by atoms with van der Waals surface area (Å²) in [6, 6.07) is 0. The van der Waals surface area contributed by atoms with E-state index in [1.807, 2.05) is 24.6 Å². The first-order valence-electron chi connectivity index (χ1n) is 6.23. The van der Waals surface area contributed by atoms with Crippen LogP contribution < -0.4 is 5.32 Å². The smallest absolute Gasteiger partial charge is 0.246 e. The van der Waals surface area contributed by atoms with Gasteiger partial charge >= 0.3 is 0 Å². The van der Waals surface area contributed by atoms with Gasteiger partial charge in [-0.25, -0.2) is 4.98 Å². The van der Waals surface area contributed by atoms with Crippen molar-refractivity contribution in [2.45, 2.75) is 39.8 Å². The molecule has 0 amide bonds. The molecule has 0 fully saturated rings. The first-order chi connectivity index (χ1) is 8.69. The zero-order valence-corrected chi connectivity index (χ0v) is 11.1. The molecule has 1 N–H and O–H groups in total. The molecular weight excluding hydrogens is 230 g/mol. The standard InChI is InChI=1S/C12H19N5O/c1-4-13-5-10-6-17(8-14-10)7-11-15-12(9(2)3)16-18-11/h6,8-9,13H,4-5,7H2,1-3H3. The highest BCUT2D eigenvalue weighted by Crippen LogP contribution is 2.10. The second kappa shape index (κ2) is 5.77. The second-order valence-corrected chi connectivity index (χ2v) is 4.52. The van der Waals surface area contributed by atoms with E-state index in [0.717, 1.165) is 24.6 Å². The van der Waals surface area contributed by atoms with Gasteiger partial charge < -0.3 is 14.4 Å². The first kappa shape index (κ1) is 12.8. The van der Waals surface area contributed by atoms with E-state index >= 15 is 0 Å². The number of rotatable bonds is 6. The summed E-state index contributed by atoms with van der Waals surface area (Å²) in [7, 11) is 0. The van der Waals surface area contributed by atoms with Crippen molar-refractivity contribution in [2.24, 2.45) is 0 Å². The molecule has 0 saturated heterocycles. The lowest BCUT2D eigenvalue weighted by Crippen LogP contribution is -2.11. The minimum atomic E-state index is 0.287. The molecule has 0 aromatic carbocycles. The molecule has 2 heterocycles. The van der Waals surface area contributed by atoms with E-state index in [9.17, 15) is 0 Å². The molecule has 98 valence electrons. The van der Waals surface area contributed by atoms with Gasteiger partial charge in [-0.15, -0.1) is 0 Å². The van der Waals surface area contributed by atoms with Crippen LogP contribution in [0, 0.1) is 0 Å². The average Bonchev–Trinajstić information content (AvgIpc) is 2.96. The molecule has 0 atom stereocenters. The SMILES string of the molecule is CCNCc1cn(Cc2nc(C(C)C)no2)cn1. The molecule has 0 bridgehead atoms. The fraction of sp³-hybridized carbons (Fsp3) is 0.583. The molecule has 0 unspecified atom stereocenters. The van der Waals surface area contributed by atoms with Crippen molar-refractivity contribution in [1.82, 2.24) is 25.0 Å². The molecule has 0 saturated carbocycles. The van der Waals surface area contributed by atoms with Crippen molar-refractivity contribution in [2.75, 3.05) is 6.54 Å². The maximum atomic E-state index is 5.19. The lowest BCUT2D eigenvalue weighted by Gasteiger charge is -1.97. The minimum Gasteiger partial charge on any atom is -0.337 e. The number of nitrogens with zero attached hydrogens (tertiary/aromatic N) is 4. The van der Waals surface area contributed by atoms with Crippen LogP contribution in [0.1, 0.15) is 44.1 Å². The van der Waals surface area contributed by atoms with Gasteiger partial charge in [0.1, 0.15) is 6.54 Å². The summed E-state index contributed by atoms with van der Waals surface area (Å²) < 4.78 is 7.14. The number of aromatic nitrogens is 4. The molecule has 0 aliphatic heterocycles. The molecule has 6 heteroatoms. The van der Waals surface area contributed by atoms with E-state index in [1.165, 1.54) is 0 Å². The van der Waals surface area contributed by atoms with Crippen LogP contribution in [0.4, 0.5) is 0 Å². The Hall–Kier alpha value is -1.69. The summed E-state index contributed by atoms with van der Waals surface area (Å²) in [5.41, 5.74) is 1.01. The molecule has 2 rings (SSSR count). The number of hydrogen-bond donors (Lipinski definition) is 1. The quantitative estimate of drug-likeness (QED) is 0.841. The van der Waals surface area contributed by atoms with Crippen LogP contribution >= 0.6 is 0 Å². The van der Waals surface area contributed by atoms with E-state index in [2.05, 4.69) is 27.4 Å². The Labute approximate surface area is 106 Å². The Morgan fingerprint density at radius 3 is 2.94 bits per heavy atom. The molecule has 0 radical (unpaired) electrons. The third-order valence-corrected chi connectivity index (χ3v) is 2.56. The predicted octanol–water partition coefficient (Wildman–Crippen LogP) is 1.55. The summed E-state index contributed by atoms with van der Waals surface area (Å²) in [5, 5.41) is 7.17. The van der Waals surface area contributed by atoms with E-state index in [4.69, 9.17) is 4.52 Å². The summed E-state index contributed by atoms with van der Waals surface area (Å²) in [4.78, 5) is 8.64. The zero-order chi connectivity index (χ0) is 13.0. The third kappa shape index (κ3) is 3.16. The fourth-order valence-corrected chi connectivity index (χ4v) is 1.56. The van der Waals surface area contributed by atoms with E-state index in [1.54, 1.807) is 6.33 Å². The largest absolute Gasteiger partial charge is 0.337 e. The lowest BCUT2D eigenvalue weighted by atomic mass is 10.2. The minimum absolute atomic E-state index is 0.287. The summed E-state index contributed by atoms with van der Waals surface area (Å²) >= 11 is 0. The van der Waals surface area contributed by atoms with E-state index in [0.29, 0.717) is 12.4 Å². The molecule has 6 nitrogen and oxygen atoms in total. The van der Waals surface area contributed by atoms with Crippen LogP contribution in [0.15, 0.2) is 17.0 Å². The fourth-order valence-electron chi connectivity index (χ4n) is 1.56. The van der Waals surface area contributed by atoms with Gasteiger partial charge in [0.25, 0.3) is 0 Å². The van der Waals surface area contributed by atoms with Gasteiger partial charge in [0.05, 0.1) is 12.0 Å². The lowest BCUT2D eigenvalue weighted by molar-refractivity contribution is 0.364. The highest BCUT2D eigenvalue weighted by molar-refractivity contribution is 4.99. The summed E-state index contributed by atoms with van der Waals surface area (Å²) in [6.07, 6.45) is 3.77. The van der Waals surface area contributed by atoms with E-state index in [-0.39, 0.29) is 5.92 Å². The van der Waals surface area contributed by atoms with Gasteiger partial charge in [-0.3, -0.25) is 0 Å². The van der Waals surface area contributed by atoms with Gasteiger partial charge in [0.2, 0.25) is 5.89 Å². The number of imidazole rings is 1. The maximum absolute atomic E-state index is 5.19. The topological polar surface area (TPSA) is 68.8 Å². The summed E-state index contributed by atoms with van der Waals surface area (Å²) in [6.45, 7) is 8.45. The molecular formula is C12H19N5O. The van der Waals surface area contributed by atoms with Crippen molar-refractivity contribution in [3.05, 3.63) is 29.9 Å². The third-order valence-electron chi connectivity index (χ3n) is 2.56. The Morgan fingerprint density at radius 2 is 2.28 bits per heavy atom. The van der Waals surface area contributed by atoms with Crippen molar-refractivity contribution in [1.29, 1.82) is 0 Å². The average molecular weight is 249 g/mol.